The van der Waals surface area contributed by atoms with E-state index in [2.05, 4.69) is 53.4 Å². The molecule has 0 amide bonds. The SMILES string of the molecule is OCCN(Cc1ccccc1)CC1CSc2ccccc21. The smallest absolute Gasteiger partial charge is 0.0558 e. The number of nitrogens with zero attached hydrogens (tertiary/aromatic N) is 1. The Labute approximate surface area is 130 Å². The molecule has 3 rings (SSSR count). The number of benzene rings is 2. The molecule has 1 unspecified atom stereocenters. The molecule has 1 aliphatic rings. The van der Waals surface area contributed by atoms with Crippen LogP contribution in [0.1, 0.15) is 17.0 Å². The summed E-state index contributed by atoms with van der Waals surface area (Å²) < 4.78 is 0. The number of hydrogen-bond acceptors (Lipinski definition) is 3. The first-order valence-electron chi connectivity index (χ1n) is 7.45. The molecular formula is C18H21NOS. The molecule has 1 N–H and O–H groups in total. The molecule has 0 bridgehead atoms. The first kappa shape index (κ1) is 14.6. The molecule has 1 atom stereocenters. The summed E-state index contributed by atoms with van der Waals surface area (Å²) in [5, 5.41) is 9.34. The number of aliphatic hydroxyl groups excluding tert-OH is 1. The maximum Gasteiger partial charge on any atom is 0.0558 e. The van der Waals surface area contributed by atoms with Gasteiger partial charge < -0.3 is 5.11 Å². The van der Waals surface area contributed by atoms with Crippen LogP contribution in [0.2, 0.25) is 0 Å². The fourth-order valence-electron chi connectivity index (χ4n) is 2.91. The second-order valence-corrected chi connectivity index (χ2v) is 6.55. The number of fused-ring (bicyclic) bond motifs is 1. The zero-order valence-corrected chi connectivity index (χ0v) is 12.9. The van der Waals surface area contributed by atoms with Gasteiger partial charge in [0, 0.05) is 36.2 Å². The lowest BCUT2D eigenvalue weighted by Crippen LogP contribution is -2.31. The van der Waals surface area contributed by atoms with Crippen molar-refractivity contribution < 1.29 is 5.11 Å². The number of hydrogen-bond donors (Lipinski definition) is 1. The van der Waals surface area contributed by atoms with E-state index in [1.807, 2.05) is 17.8 Å². The third-order valence-electron chi connectivity index (χ3n) is 3.94. The summed E-state index contributed by atoms with van der Waals surface area (Å²) >= 11 is 1.95. The highest BCUT2D eigenvalue weighted by atomic mass is 32.2. The van der Waals surface area contributed by atoms with Crippen molar-refractivity contribution in [1.29, 1.82) is 0 Å². The van der Waals surface area contributed by atoms with Crippen LogP contribution in [0.4, 0.5) is 0 Å². The first-order valence-corrected chi connectivity index (χ1v) is 8.44. The highest BCUT2D eigenvalue weighted by Crippen LogP contribution is 2.39. The molecule has 110 valence electrons. The Morgan fingerprint density at radius 3 is 2.62 bits per heavy atom. The van der Waals surface area contributed by atoms with Gasteiger partial charge in [0.1, 0.15) is 0 Å². The van der Waals surface area contributed by atoms with Crippen LogP contribution in [-0.4, -0.2) is 35.5 Å². The van der Waals surface area contributed by atoms with Crippen molar-refractivity contribution >= 4 is 11.8 Å². The van der Waals surface area contributed by atoms with Crippen LogP contribution < -0.4 is 0 Å². The minimum absolute atomic E-state index is 0.217. The Balaban J connectivity index is 1.68. The molecule has 2 aromatic rings. The average Bonchev–Trinajstić information content (AvgIpc) is 2.92. The molecule has 1 aliphatic heterocycles. The van der Waals surface area contributed by atoms with E-state index in [9.17, 15) is 5.11 Å². The highest BCUT2D eigenvalue weighted by Gasteiger charge is 2.24. The molecule has 0 saturated heterocycles. The van der Waals surface area contributed by atoms with Crippen molar-refractivity contribution in [2.24, 2.45) is 0 Å². The van der Waals surface area contributed by atoms with Gasteiger partial charge in [0.25, 0.3) is 0 Å². The Morgan fingerprint density at radius 2 is 1.81 bits per heavy atom. The normalized spacial score (nSPS) is 17.1. The van der Waals surface area contributed by atoms with Crippen LogP contribution in [0.25, 0.3) is 0 Å². The summed E-state index contributed by atoms with van der Waals surface area (Å²) in [4.78, 5) is 3.79. The molecule has 21 heavy (non-hydrogen) atoms. The molecule has 2 aromatic carbocycles. The number of rotatable bonds is 6. The lowest BCUT2D eigenvalue weighted by molar-refractivity contribution is 0.184. The predicted molar refractivity (Wildman–Crippen MR) is 88.7 cm³/mol. The van der Waals surface area contributed by atoms with E-state index >= 15 is 0 Å². The summed E-state index contributed by atoms with van der Waals surface area (Å²) in [6.07, 6.45) is 0. The average molecular weight is 299 g/mol. The van der Waals surface area contributed by atoms with Crippen LogP contribution in [0, 0.1) is 0 Å². The lowest BCUT2D eigenvalue weighted by atomic mass is 10.0. The summed E-state index contributed by atoms with van der Waals surface area (Å²) in [6, 6.07) is 19.2. The molecule has 0 radical (unpaired) electrons. The van der Waals surface area contributed by atoms with Crippen LogP contribution in [0.15, 0.2) is 59.5 Å². The van der Waals surface area contributed by atoms with Gasteiger partial charge in [-0.1, -0.05) is 48.5 Å². The van der Waals surface area contributed by atoms with Gasteiger partial charge in [-0.05, 0) is 17.2 Å². The zero-order valence-electron chi connectivity index (χ0n) is 12.1. The van der Waals surface area contributed by atoms with Gasteiger partial charge in [0.2, 0.25) is 0 Å². The highest BCUT2D eigenvalue weighted by molar-refractivity contribution is 7.99. The topological polar surface area (TPSA) is 23.5 Å². The first-order chi connectivity index (χ1) is 10.4. The van der Waals surface area contributed by atoms with Crippen LogP contribution in [-0.2, 0) is 6.54 Å². The molecule has 3 heteroatoms. The van der Waals surface area contributed by atoms with E-state index in [-0.39, 0.29) is 6.61 Å². The monoisotopic (exact) mass is 299 g/mol. The molecule has 0 aliphatic carbocycles. The van der Waals surface area contributed by atoms with Gasteiger partial charge in [-0.15, -0.1) is 11.8 Å². The standard InChI is InChI=1S/C18H21NOS/c20-11-10-19(12-15-6-2-1-3-7-15)13-16-14-21-18-9-5-4-8-17(16)18/h1-9,16,20H,10-14H2. The summed E-state index contributed by atoms with van der Waals surface area (Å²) in [6.45, 7) is 2.87. The fourth-order valence-corrected chi connectivity index (χ4v) is 4.15. The van der Waals surface area contributed by atoms with Crippen molar-refractivity contribution in [1.82, 2.24) is 4.90 Å². The van der Waals surface area contributed by atoms with Crippen LogP contribution in [0.5, 0.6) is 0 Å². The van der Waals surface area contributed by atoms with E-state index < -0.39 is 0 Å². The van der Waals surface area contributed by atoms with E-state index in [4.69, 9.17) is 0 Å². The number of aliphatic hydroxyl groups is 1. The van der Waals surface area contributed by atoms with Gasteiger partial charge in [0.05, 0.1) is 6.61 Å². The minimum atomic E-state index is 0.217. The maximum atomic E-state index is 9.34. The molecule has 1 heterocycles. The van der Waals surface area contributed by atoms with Crippen molar-refractivity contribution in [2.75, 3.05) is 25.4 Å². The molecule has 2 nitrogen and oxygen atoms in total. The van der Waals surface area contributed by atoms with E-state index in [0.717, 1.165) is 25.4 Å². The second kappa shape index (κ2) is 7.12. The molecule has 0 fully saturated rings. The van der Waals surface area contributed by atoms with Gasteiger partial charge in [-0.2, -0.15) is 0 Å². The van der Waals surface area contributed by atoms with Gasteiger partial charge in [0.15, 0.2) is 0 Å². The summed E-state index contributed by atoms with van der Waals surface area (Å²) in [5.74, 6) is 1.72. The van der Waals surface area contributed by atoms with Crippen LogP contribution in [0.3, 0.4) is 0 Å². The van der Waals surface area contributed by atoms with Crippen LogP contribution >= 0.6 is 11.8 Å². The van der Waals surface area contributed by atoms with Crippen molar-refractivity contribution in [2.45, 2.75) is 17.4 Å². The quantitative estimate of drug-likeness (QED) is 0.884. The molecular weight excluding hydrogens is 278 g/mol. The van der Waals surface area contributed by atoms with Crippen molar-refractivity contribution in [3.05, 3.63) is 65.7 Å². The Kier molecular flexibility index (Phi) is 4.96. The summed E-state index contributed by atoms with van der Waals surface area (Å²) in [5.41, 5.74) is 2.78. The van der Waals surface area contributed by atoms with Gasteiger partial charge in [-0.3, -0.25) is 4.90 Å². The van der Waals surface area contributed by atoms with Gasteiger partial charge >= 0.3 is 0 Å². The second-order valence-electron chi connectivity index (χ2n) is 5.49. The van der Waals surface area contributed by atoms with E-state index in [0.29, 0.717) is 5.92 Å². The molecule has 0 saturated carbocycles. The van der Waals surface area contributed by atoms with Crippen molar-refractivity contribution in [3.8, 4) is 0 Å². The predicted octanol–water partition coefficient (Wildman–Crippen LogP) is 3.37. The zero-order chi connectivity index (χ0) is 14.5. The van der Waals surface area contributed by atoms with E-state index in [1.54, 1.807) is 0 Å². The number of thioether (sulfide) groups is 1. The minimum Gasteiger partial charge on any atom is -0.395 e. The maximum absolute atomic E-state index is 9.34. The van der Waals surface area contributed by atoms with Crippen molar-refractivity contribution in [3.63, 3.8) is 0 Å². The third kappa shape index (κ3) is 3.67. The Bertz CT molecular complexity index is 572. The Morgan fingerprint density at radius 1 is 1.05 bits per heavy atom. The molecule has 0 aromatic heterocycles. The molecule has 0 spiro atoms. The Hall–Kier alpha value is -1.29. The van der Waals surface area contributed by atoms with Gasteiger partial charge in [-0.25, -0.2) is 0 Å². The lowest BCUT2D eigenvalue weighted by Gasteiger charge is -2.25. The fraction of sp³-hybridized carbons (Fsp3) is 0.333. The largest absolute Gasteiger partial charge is 0.395 e. The summed E-state index contributed by atoms with van der Waals surface area (Å²) in [7, 11) is 0. The van der Waals surface area contributed by atoms with E-state index in [1.165, 1.54) is 16.0 Å². The third-order valence-corrected chi connectivity index (χ3v) is 5.19.